The molecule has 0 bridgehead atoms. The lowest BCUT2D eigenvalue weighted by molar-refractivity contribution is -0.384. The van der Waals surface area contributed by atoms with E-state index in [0.29, 0.717) is 10.2 Å². The van der Waals surface area contributed by atoms with Crippen LogP contribution in [0, 0.1) is 10.1 Å². The number of hydrogen-bond donors (Lipinski definition) is 1. The van der Waals surface area contributed by atoms with Gasteiger partial charge in [-0.25, -0.2) is 4.98 Å². The molecule has 1 heterocycles. The number of hydrogen-bond acceptors (Lipinski definition) is 4. The summed E-state index contributed by atoms with van der Waals surface area (Å²) in [6.45, 7) is 0. The van der Waals surface area contributed by atoms with Crippen LogP contribution in [-0.4, -0.2) is 15.8 Å². The van der Waals surface area contributed by atoms with Crippen LogP contribution in [0.5, 0.6) is 0 Å². The topological polar surface area (TPSA) is 85.1 Å². The number of carbonyl (C=O) groups is 1. The molecule has 6 nitrogen and oxygen atoms in total. The van der Waals surface area contributed by atoms with Crippen LogP contribution in [0.2, 0.25) is 5.15 Å². The summed E-state index contributed by atoms with van der Waals surface area (Å²) in [4.78, 5) is 26.1. The first kappa shape index (κ1) is 14.4. The Kier molecular flexibility index (Phi) is 4.31. The average molecular weight is 357 g/mol. The van der Waals surface area contributed by atoms with E-state index < -0.39 is 10.8 Å². The van der Waals surface area contributed by atoms with E-state index in [9.17, 15) is 14.9 Å². The molecular weight excluding hydrogens is 350 g/mol. The van der Waals surface area contributed by atoms with Gasteiger partial charge in [-0.05, 0) is 18.2 Å². The second-order valence-electron chi connectivity index (χ2n) is 3.75. The number of benzene rings is 1. The van der Waals surface area contributed by atoms with Crippen molar-refractivity contribution in [2.75, 3.05) is 5.32 Å². The Hall–Kier alpha value is -1.99. The molecule has 1 N–H and O–H groups in total. The van der Waals surface area contributed by atoms with Crippen molar-refractivity contribution in [3.63, 3.8) is 0 Å². The number of aromatic nitrogens is 1. The quantitative estimate of drug-likeness (QED) is 0.516. The van der Waals surface area contributed by atoms with Gasteiger partial charge < -0.3 is 5.32 Å². The van der Waals surface area contributed by atoms with Crippen molar-refractivity contribution in [2.45, 2.75) is 0 Å². The number of nitro benzene ring substituents is 1. The fourth-order valence-electron chi connectivity index (χ4n) is 1.48. The fourth-order valence-corrected chi connectivity index (χ4v) is 2.13. The smallest absolute Gasteiger partial charge is 0.271 e. The zero-order chi connectivity index (χ0) is 14.7. The zero-order valence-corrected chi connectivity index (χ0v) is 12.2. The van der Waals surface area contributed by atoms with Gasteiger partial charge in [-0.3, -0.25) is 14.9 Å². The molecule has 1 amide bonds. The second kappa shape index (κ2) is 5.98. The average Bonchev–Trinajstić information content (AvgIpc) is 2.40. The Bertz CT molecular complexity index is 693. The molecule has 1 aromatic heterocycles. The van der Waals surface area contributed by atoms with Crippen molar-refractivity contribution in [3.05, 3.63) is 61.8 Å². The number of pyridine rings is 1. The van der Waals surface area contributed by atoms with Gasteiger partial charge in [0.05, 0.1) is 10.6 Å². The normalized spacial score (nSPS) is 10.1. The van der Waals surface area contributed by atoms with Crippen LogP contribution >= 0.6 is 27.5 Å². The summed E-state index contributed by atoms with van der Waals surface area (Å²) in [6.07, 6.45) is 1.49. The minimum Gasteiger partial charge on any atom is -0.319 e. The predicted octanol–water partition coefficient (Wildman–Crippen LogP) is 3.66. The molecule has 1 aromatic carbocycles. The van der Waals surface area contributed by atoms with E-state index in [1.807, 2.05) is 0 Å². The van der Waals surface area contributed by atoms with Gasteiger partial charge in [0.1, 0.15) is 0 Å². The maximum Gasteiger partial charge on any atom is 0.271 e. The van der Waals surface area contributed by atoms with Gasteiger partial charge in [-0.15, -0.1) is 0 Å². The van der Waals surface area contributed by atoms with Crippen LogP contribution in [0.1, 0.15) is 10.4 Å². The van der Waals surface area contributed by atoms with Crippen LogP contribution in [0.3, 0.4) is 0 Å². The lowest BCUT2D eigenvalue weighted by Crippen LogP contribution is -2.12. The number of nitrogens with zero attached hydrogens (tertiary/aromatic N) is 2. The highest BCUT2D eigenvalue weighted by molar-refractivity contribution is 9.10. The first-order chi connectivity index (χ1) is 9.47. The van der Waals surface area contributed by atoms with Crippen LogP contribution < -0.4 is 5.32 Å². The van der Waals surface area contributed by atoms with Crippen molar-refractivity contribution in [2.24, 2.45) is 0 Å². The molecule has 0 aliphatic rings. The summed E-state index contributed by atoms with van der Waals surface area (Å²) >= 11 is 8.95. The maximum absolute atomic E-state index is 12.1. The lowest BCUT2D eigenvalue weighted by Gasteiger charge is -2.06. The Morgan fingerprint density at radius 3 is 2.80 bits per heavy atom. The van der Waals surface area contributed by atoms with Crippen molar-refractivity contribution in [1.82, 2.24) is 4.98 Å². The molecule has 0 saturated carbocycles. The maximum atomic E-state index is 12.1. The molecule has 20 heavy (non-hydrogen) atoms. The van der Waals surface area contributed by atoms with Crippen molar-refractivity contribution >= 4 is 44.8 Å². The van der Waals surface area contributed by atoms with Crippen molar-refractivity contribution in [1.29, 1.82) is 0 Å². The van der Waals surface area contributed by atoms with Crippen LogP contribution in [0.4, 0.5) is 11.4 Å². The summed E-state index contributed by atoms with van der Waals surface area (Å²) in [5.74, 6) is -0.510. The molecule has 0 aliphatic carbocycles. The molecule has 102 valence electrons. The molecule has 0 aliphatic heterocycles. The summed E-state index contributed by atoms with van der Waals surface area (Å²) < 4.78 is 0.439. The second-order valence-corrected chi connectivity index (χ2v) is 5.02. The van der Waals surface area contributed by atoms with E-state index in [0.717, 1.165) is 0 Å². The third kappa shape index (κ3) is 3.31. The standard InChI is InChI=1S/C12H7BrClN3O3/c13-8-4-7(5-9(6-8)17(19)20)12(18)16-10-2-1-3-15-11(10)14/h1-6H,(H,16,18). The highest BCUT2D eigenvalue weighted by atomic mass is 79.9. The molecule has 8 heteroatoms. The van der Waals surface area contributed by atoms with Crippen LogP contribution in [-0.2, 0) is 0 Å². The number of nitro groups is 1. The summed E-state index contributed by atoms with van der Waals surface area (Å²) in [6, 6.07) is 7.18. The molecule has 0 fully saturated rings. The molecule has 0 unspecified atom stereocenters. The van der Waals surface area contributed by atoms with E-state index in [4.69, 9.17) is 11.6 Å². The minimum atomic E-state index is -0.571. The molecule has 0 saturated heterocycles. The van der Waals surface area contributed by atoms with Gasteiger partial charge in [0, 0.05) is 28.4 Å². The van der Waals surface area contributed by atoms with Crippen LogP contribution in [0.15, 0.2) is 41.0 Å². The summed E-state index contributed by atoms with van der Waals surface area (Å²) in [7, 11) is 0. The molecule has 0 radical (unpaired) electrons. The van der Waals surface area contributed by atoms with E-state index in [1.54, 1.807) is 12.1 Å². The summed E-state index contributed by atoms with van der Waals surface area (Å²) in [5.41, 5.74) is 0.301. The van der Waals surface area contributed by atoms with Gasteiger partial charge in [-0.1, -0.05) is 27.5 Å². The molecule has 0 spiro atoms. The predicted molar refractivity (Wildman–Crippen MR) is 78.0 cm³/mol. The number of nitrogens with one attached hydrogen (secondary N) is 1. The van der Waals surface area contributed by atoms with Gasteiger partial charge in [0.15, 0.2) is 5.15 Å². The number of amides is 1. The van der Waals surface area contributed by atoms with E-state index in [-0.39, 0.29) is 16.4 Å². The van der Waals surface area contributed by atoms with E-state index in [2.05, 4.69) is 26.2 Å². The lowest BCUT2D eigenvalue weighted by atomic mass is 10.2. The largest absolute Gasteiger partial charge is 0.319 e. The number of rotatable bonds is 3. The minimum absolute atomic E-state index is 0.144. The van der Waals surface area contributed by atoms with Crippen molar-refractivity contribution in [3.8, 4) is 0 Å². The van der Waals surface area contributed by atoms with E-state index in [1.165, 1.54) is 24.4 Å². The first-order valence-corrected chi connectivity index (χ1v) is 6.51. The van der Waals surface area contributed by atoms with Crippen LogP contribution in [0.25, 0.3) is 0 Å². The zero-order valence-electron chi connectivity index (χ0n) is 9.84. The van der Waals surface area contributed by atoms with Gasteiger partial charge in [0.2, 0.25) is 0 Å². The Morgan fingerprint density at radius 2 is 2.15 bits per heavy atom. The van der Waals surface area contributed by atoms with Gasteiger partial charge >= 0.3 is 0 Å². The Labute approximate surface area is 127 Å². The van der Waals surface area contributed by atoms with E-state index >= 15 is 0 Å². The molecule has 2 aromatic rings. The number of carbonyl (C=O) groups excluding carboxylic acids is 1. The monoisotopic (exact) mass is 355 g/mol. The van der Waals surface area contributed by atoms with Gasteiger partial charge in [-0.2, -0.15) is 0 Å². The number of non-ortho nitro benzene ring substituents is 1. The van der Waals surface area contributed by atoms with Gasteiger partial charge in [0.25, 0.3) is 11.6 Å². The SMILES string of the molecule is O=C(Nc1cccnc1Cl)c1cc(Br)cc([N+](=O)[O-])c1. The highest BCUT2D eigenvalue weighted by Gasteiger charge is 2.15. The Morgan fingerprint density at radius 1 is 1.40 bits per heavy atom. The third-order valence-corrected chi connectivity index (χ3v) is 3.12. The Balaban J connectivity index is 2.30. The molecule has 2 rings (SSSR count). The number of anilines is 1. The highest BCUT2D eigenvalue weighted by Crippen LogP contribution is 2.23. The summed E-state index contributed by atoms with van der Waals surface area (Å²) in [5, 5.41) is 13.4. The van der Waals surface area contributed by atoms with Crippen molar-refractivity contribution < 1.29 is 9.72 Å². The first-order valence-electron chi connectivity index (χ1n) is 5.34. The molecule has 0 atom stereocenters. The third-order valence-electron chi connectivity index (χ3n) is 2.36. The number of halogens is 2. The molecular formula is C12H7BrClN3O3. The fraction of sp³-hybridized carbons (Fsp3) is 0.